The molecule has 26 heavy (non-hydrogen) atoms. The van der Waals surface area contributed by atoms with Gasteiger partial charge in [0.15, 0.2) is 0 Å². The highest BCUT2D eigenvalue weighted by atomic mass is 35.5. The fourth-order valence-corrected chi connectivity index (χ4v) is 3.97. The minimum absolute atomic E-state index is 0. The molecule has 2 atom stereocenters. The molecule has 1 heterocycles. The van der Waals surface area contributed by atoms with Gasteiger partial charge >= 0.3 is 0 Å². The molecule has 5 heteroatoms. The predicted octanol–water partition coefficient (Wildman–Crippen LogP) is 3.29. The minimum Gasteiger partial charge on any atom is -0.334 e. The first-order valence-corrected chi connectivity index (χ1v) is 9.68. The molecule has 2 aliphatic rings. The smallest absolute Gasteiger partial charge is 0.237 e. The van der Waals surface area contributed by atoms with Crippen molar-refractivity contribution < 1.29 is 4.79 Å². The van der Waals surface area contributed by atoms with Crippen LogP contribution in [0.1, 0.15) is 45.6 Å². The highest BCUT2D eigenvalue weighted by Crippen LogP contribution is 2.36. The summed E-state index contributed by atoms with van der Waals surface area (Å²) in [7, 11) is 0. The van der Waals surface area contributed by atoms with E-state index >= 15 is 0 Å². The van der Waals surface area contributed by atoms with Crippen LogP contribution < -0.4 is 5.73 Å². The Hall–Kier alpha value is -1.10. The van der Waals surface area contributed by atoms with E-state index in [1.54, 1.807) is 0 Å². The summed E-state index contributed by atoms with van der Waals surface area (Å²) in [6.07, 6.45) is 3.48. The molecule has 1 aromatic carbocycles. The number of nitrogens with zero attached hydrogens (tertiary/aromatic N) is 2. The van der Waals surface area contributed by atoms with Crippen molar-refractivity contribution in [2.45, 2.75) is 58.7 Å². The summed E-state index contributed by atoms with van der Waals surface area (Å²) in [4.78, 5) is 17.5. The number of likely N-dealkylation sites (tertiary alicyclic amines) is 1. The number of carbonyl (C=O) groups is 1. The van der Waals surface area contributed by atoms with Crippen LogP contribution in [0.15, 0.2) is 30.3 Å². The van der Waals surface area contributed by atoms with Gasteiger partial charge in [-0.1, -0.05) is 44.2 Å². The number of hydrogen-bond donors (Lipinski definition) is 1. The van der Waals surface area contributed by atoms with Gasteiger partial charge in [-0.05, 0) is 43.1 Å². The molecule has 0 spiro atoms. The van der Waals surface area contributed by atoms with Crippen molar-refractivity contribution in [3.05, 3.63) is 35.9 Å². The Bertz CT molecular complexity index is 588. The molecule has 1 saturated heterocycles. The molecule has 2 N–H and O–H groups in total. The van der Waals surface area contributed by atoms with Gasteiger partial charge in [-0.25, -0.2) is 0 Å². The zero-order valence-corrected chi connectivity index (χ0v) is 17.2. The van der Waals surface area contributed by atoms with E-state index in [1.165, 1.54) is 18.4 Å². The molecular formula is C21H34ClN3O. The van der Waals surface area contributed by atoms with Crippen molar-refractivity contribution in [2.75, 3.05) is 19.6 Å². The van der Waals surface area contributed by atoms with Crippen LogP contribution in [-0.2, 0) is 11.3 Å². The van der Waals surface area contributed by atoms with Crippen LogP contribution in [0.5, 0.6) is 0 Å². The monoisotopic (exact) mass is 379 g/mol. The number of nitrogens with two attached hydrogens (primary N) is 1. The van der Waals surface area contributed by atoms with E-state index in [0.29, 0.717) is 25.0 Å². The molecule has 1 aliphatic heterocycles. The maximum atomic E-state index is 13.1. The standard InChI is InChI=1S/C21H33N3O.ClH/c1-16(18-9-10-18)24(13-17-7-5-4-6-8-17)20(25)14-23-12-11-19(22)21(2,3)15-23;/h4-8,16,18-19H,9-15,22H2,1-3H3;1H. The number of amides is 1. The summed E-state index contributed by atoms with van der Waals surface area (Å²) in [5.41, 5.74) is 7.53. The van der Waals surface area contributed by atoms with E-state index < -0.39 is 0 Å². The first-order chi connectivity index (χ1) is 11.9. The molecule has 0 aromatic heterocycles. The van der Waals surface area contributed by atoms with Crippen LogP contribution in [0, 0.1) is 11.3 Å². The summed E-state index contributed by atoms with van der Waals surface area (Å²) >= 11 is 0. The lowest BCUT2D eigenvalue weighted by Crippen LogP contribution is -2.55. The van der Waals surface area contributed by atoms with Crippen LogP contribution in [-0.4, -0.2) is 47.4 Å². The summed E-state index contributed by atoms with van der Waals surface area (Å²) in [5.74, 6) is 0.938. The number of benzene rings is 1. The van der Waals surface area contributed by atoms with Gasteiger partial charge in [-0.15, -0.1) is 12.4 Å². The van der Waals surface area contributed by atoms with Crippen molar-refractivity contribution in [3.8, 4) is 0 Å². The van der Waals surface area contributed by atoms with Crippen LogP contribution in [0.4, 0.5) is 0 Å². The van der Waals surface area contributed by atoms with Crippen molar-refractivity contribution in [2.24, 2.45) is 17.1 Å². The second-order valence-electron chi connectivity index (χ2n) is 8.68. The fraction of sp³-hybridized carbons (Fsp3) is 0.667. The fourth-order valence-electron chi connectivity index (χ4n) is 3.97. The Morgan fingerprint density at radius 1 is 1.27 bits per heavy atom. The van der Waals surface area contributed by atoms with Crippen LogP contribution in [0.25, 0.3) is 0 Å². The predicted molar refractivity (Wildman–Crippen MR) is 109 cm³/mol. The minimum atomic E-state index is 0. The second-order valence-corrected chi connectivity index (χ2v) is 8.68. The van der Waals surface area contributed by atoms with E-state index in [4.69, 9.17) is 5.73 Å². The van der Waals surface area contributed by atoms with Gasteiger partial charge in [0.2, 0.25) is 5.91 Å². The molecule has 1 aromatic rings. The molecule has 3 rings (SSSR count). The van der Waals surface area contributed by atoms with E-state index in [1.807, 2.05) is 18.2 Å². The first-order valence-electron chi connectivity index (χ1n) is 9.68. The Kier molecular flexibility index (Phi) is 7.12. The zero-order valence-electron chi connectivity index (χ0n) is 16.4. The Balaban J connectivity index is 0.00000243. The van der Waals surface area contributed by atoms with Crippen molar-refractivity contribution >= 4 is 18.3 Å². The molecule has 2 fully saturated rings. The molecule has 1 amide bonds. The molecule has 0 radical (unpaired) electrons. The van der Waals surface area contributed by atoms with Gasteiger partial charge in [0.1, 0.15) is 0 Å². The normalized spacial score (nSPS) is 23.8. The number of carbonyl (C=O) groups excluding carboxylic acids is 1. The van der Waals surface area contributed by atoms with Gasteiger partial charge in [0.05, 0.1) is 6.54 Å². The molecule has 4 nitrogen and oxygen atoms in total. The lowest BCUT2D eigenvalue weighted by atomic mass is 9.80. The molecule has 0 bridgehead atoms. The van der Waals surface area contributed by atoms with Crippen LogP contribution in [0.3, 0.4) is 0 Å². The Labute approximate surface area is 164 Å². The number of hydrogen-bond acceptors (Lipinski definition) is 3. The third-order valence-corrected chi connectivity index (χ3v) is 6.06. The van der Waals surface area contributed by atoms with Gasteiger partial charge in [0, 0.05) is 31.7 Å². The van der Waals surface area contributed by atoms with Gasteiger partial charge in [-0.3, -0.25) is 9.69 Å². The Morgan fingerprint density at radius 3 is 2.50 bits per heavy atom. The molecular weight excluding hydrogens is 346 g/mol. The van der Waals surface area contributed by atoms with E-state index in [0.717, 1.165) is 19.5 Å². The van der Waals surface area contributed by atoms with E-state index in [9.17, 15) is 4.79 Å². The Morgan fingerprint density at radius 2 is 1.92 bits per heavy atom. The highest BCUT2D eigenvalue weighted by molar-refractivity contribution is 5.85. The molecule has 1 saturated carbocycles. The third kappa shape index (κ3) is 5.21. The number of halogens is 1. The first kappa shape index (κ1) is 21.2. The second kappa shape index (κ2) is 8.73. The third-order valence-electron chi connectivity index (χ3n) is 6.06. The average molecular weight is 380 g/mol. The quantitative estimate of drug-likeness (QED) is 0.825. The van der Waals surface area contributed by atoms with Crippen molar-refractivity contribution in [1.82, 2.24) is 9.80 Å². The number of piperidine rings is 1. The van der Waals surface area contributed by atoms with Crippen LogP contribution >= 0.6 is 12.4 Å². The summed E-state index contributed by atoms with van der Waals surface area (Å²) in [6, 6.07) is 10.9. The van der Waals surface area contributed by atoms with Gasteiger partial charge in [0.25, 0.3) is 0 Å². The van der Waals surface area contributed by atoms with E-state index in [2.05, 4.69) is 42.7 Å². The summed E-state index contributed by atoms with van der Waals surface area (Å²) in [5, 5.41) is 0. The topological polar surface area (TPSA) is 49.6 Å². The largest absolute Gasteiger partial charge is 0.334 e. The van der Waals surface area contributed by atoms with Crippen molar-refractivity contribution in [3.63, 3.8) is 0 Å². The lowest BCUT2D eigenvalue weighted by molar-refractivity contribution is -0.136. The number of rotatable bonds is 6. The maximum absolute atomic E-state index is 13.1. The lowest BCUT2D eigenvalue weighted by Gasteiger charge is -2.43. The summed E-state index contributed by atoms with van der Waals surface area (Å²) < 4.78 is 0. The highest BCUT2D eigenvalue weighted by Gasteiger charge is 2.37. The zero-order chi connectivity index (χ0) is 18.0. The average Bonchev–Trinajstić information content (AvgIpc) is 3.41. The van der Waals surface area contributed by atoms with Gasteiger partial charge < -0.3 is 10.6 Å². The SMILES string of the molecule is CC(C1CC1)N(Cc1ccccc1)C(=O)CN1CCC(N)C(C)(C)C1.Cl. The van der Waals surface area contributed by atoms with E-state index in [-0.39, 0.29) is 29.8 Å². The maximum Gasteiger partial charge on any atom is 0.237 e. The van der Waals surface area contributed by atoms with Crippen LogP contribution in [0.2, 0.25) is 0 Å². The van der Waals surface area contributed by atoms with Crippen molar-refractivity contribution in [1.29, 1.82) is 0 Å². The molecule has 2 unspecified atom stereocenters. The summed E-state index contributed by atoms with van der Waals surface area (Å²) in [6.45, 7) is 9.69. The molecule has 1 aliphatic carbocycles. The van der Waals surface area contributed by atoms with Gasteiger partial charge in [-0.2, -0.15) is 0 Å². The molecule has 146 valence electrons.